The van der Waals surface area contributed by atoms with Gasteiger partial charge >= 0.3 is 0 Å². The molecule has 0 saturated carbocycles. The van der Waals surface area contributed by atoms with E-state index in [0.717, 1.165) is 43.7 Å². The summed E-state index contributed by atoms with van der Waals surface area (Å²) in [6.45, 7) is 2.83. The maximum atomic E-state index is 10.4. The number of nitrogens with one attached hydrogen (secondary N) is 2. The van der Waals surface area contributed by atoms with Crippen molar-refractivity contribution in [3.05, 3.63) is 60.3 Å². The number of aromatic amines is 2. The third-order valence-electron chi connectivity index (χ3n) is 5.05. The molecule has 1 aliphatic heterocycles. The Balaban J connectivity index is 1.38. The number of aromatic nitrogens is 4. The highest BCUT2D eigenvalue weighted by Crippen LogP contribution is 2.30. The van der Waals surface area contributed by atoms with Gasteiger partial charge in [0.2, 0.25) is 0 Å². The Kier molecular flexibility index (Phi) is 4.63. The van der Waals surface area contributed by atoms with Crippen LogP contribution in [0.4, 0.5) is 0 Å². The van der Waals surface area contributed by atoms with Crippen molar-refractivity contribution in [3.63, 3.8) is 0 Å². The average Bonchev–Trinajstić information content (AvgIpc) is 3.35. The van der Waals surface area contributed by atoms with Gasteiger partial charge in [0.15, 0.2) is 0 Å². The average molecular weight is 337 g/mol. The van der Waals surface area contributed by atoms with Gasteiger partial charge in [-0.1, -0.05) is 30.3 Å². The number of aliphatic hydroxyl groups excluding tert-OH is 1. The van der Waals surface area contributed by atoms with E-state index < -0.39 is 6.10 Å². The Hall–Kier alpha value is -2.44. The fourth-order valence-electron chi connectivity index (χ4n) is 3.62. The molecule has 3 N–H and O–H groups in total. The van der Waals surface area contributed by atoms with Crippen LogP contribution >= 0.6 is 0 Å². The van der Waals surface area contributed by atoms with Gasteiger partial charge in [-0.25, -0.2) is 4.98 Å². The first-order valence-corrected chi connectivity index (χ1v) is 8.78. The zero-order valence-corrected chi connectivity index (χ0v) is 14.1. The van der Waals surface area contributed by atoms with Gasteiger partial charge in [0.05, 0.1) is 11.9 Å². The summed E-state index contributed by atoms with van der Waals surface area (Å²) in [5.74, 6) is 0.944. The SMILES string of the molecule is OC(c1ncc[nH]1)C1CCN(Cc2cn[nH]c2-c2ccccc2)CC1. The van der Waals surface area contributed by atoms with E-state index in [4.69, 9.17) is 0 Å². The van der Waals surface area contributed by atoms with Gasteiger partial charge < -0.3 is 10.1 Å². The van der Waals surface area contributed by atoms with Crippen molar-refractivity contribution in [2.75, 3.05) is 13.1 Å². The molecule has 1 aliphatic rings. The summed E-state index contributed by atoms with van der Waals surface area (Å²) in [6, 6.07) is 10.3. The maximum Gasteiger partial charge on any atom is 0.135 e. The van der Waals surface area contributed by atoms with Crippen LogP contribution in [0, 0.1) is 5.92 Å². The molecule has 0 spiro atoms. The van der Waals surface area contributed by atoms with Crippen molar-refractivity contribution in [2.24, 2.45) is 5.92 Å². The van der Waals surface area contributed by atoms with Crippen molar-refractivity contribution in [1.82, 2.24) is 25.1 Å². The summed E-state index contributed by atoms with van der Waals surface area (Å²) in [5.41, 5.74) is 3.48. The van der Waals surface area contributed by atoms with Crippen LogP contribution in [0.1, 0.15) is 30.3 Å². The van der Waals surface area contributed by atoms with Gasteiger partial charge in [-0.15, -0.1) is 0 Å². The number of aliphatic hydroxyl groups is 1. The van der Waals surface area contributed by atoms with Gasteiger partial charge in [-0.05, 0) is 37.4 Å². The monoisotopic (exact) mass is 337 g/mol. The molecule has 1 saturated heterocycles. The zero-order chi connectivity index (χ0) is 17.1. The van der Waals surface area contributed by atoms with E-state index in [1.165, 1.54) is 5.56 Å². The molecule has 0 aliphatic carbocycles. The third kappa shape index (κ3) is 3.50. The lowest BCUT2D eigenvalue weighted by atomic mass is 9.90. The number of benzene rings is 1. The van der Waals surface area contributed by atoms with E-state index in [1.807, 2.05) is 24.4 Å². The van der Waals surface area contributed by atoms with E-state index in [1.54, 1.807) is 12.4 Å². The Morgan fingerprint density at radius 1 is 1.20 bits per heavy atom. The topological polar surface area (TPSA) is 80.8 Å². The van der Waals surface area contributed by atoms with Gasteiger partial charge in [0.1, 0.15) is 11.9 Å². The van der Waals surface area contributed by atoms with Crippen molar-refractivity contribution in [2.45, 2.75) is 25.5 Å². The molecule has 130 valence electrons. The molecule has 3 heterocycles. The molecule has 1 aromatic carbocycles. The number of piperidine rings is 1. The highest BCUT2D eigenvalue weighted by atomic mass is 16.3. The number of hydrogen-bond acceptors (Lipinski definition) is 4. The first kappa shape index (κ1) is 16.1. The number of H-pyrrole nitrogens is 2. The number of hydrogen-bond donors (Lipinski definition) is 3. The lowest BCUT2D eigenvalue weighted by Crippen LogP contribution is -2.35. The second-order valence-corrected chi connectivity index (χ2v) is 6.67. The molecule has 4 rings (SSSR count). The smallest absolute Gasteiger partial charge is 0.135 e. The summed E-state index contributed by atoms with van der Waals surface area (Å²) < 4.78 is 0. The molecule has 0 radical (unpaired) electrons. The lowest BCUT2D eigenvalue weighted by Gasteiger charge is -2.33. The largest absolute Gasteiger partial charge is 0.385 e. The van der Waals surface area contributed by atoms with Crippen LogP contribution < -0.4 is 0 Å². The minimum atomic E-state index is -0.494. The van der Waals surface area contributed by atoms with Crippen LogP contribution in [0.3, 0.4) is 0 Å². The summed E-state index contributed by atoms with van der Waals surface area (Å²) >= 11 is 0. The molecule has 6 nitrogen and oxygen atoms in total. The second-order valence-electron chi connectivity index (χ2n) is 6.67. The van der Waals surface area contributed by atoms with E-state index in [2.05, 4.69) is 37.2 Å². The summed E-state index contributed by atoms with van der Waals surface area (Å²) in [7, 11) is 0. The molecular formula is C19H23N5O. The van der Waals surface area contributed by atoms with E-state index >= 15 is 0 Å². The first-order valence-electron chi connectivity index (χ1n) is 8.78. The van der Waals surface area contributed by atoms with Crippen LogP contribution in [0.2, 0.25) is 0 Å². The molecule has 0 amide bonds. The normalized spacial score (nSPS) is 17.6. The fraction of sp³-hybridized carbons (Fsp3) is 0.368. The predicted molar refractivity (Wildman–Crippen MR) is 95.6 cm³/mol. The highest BCUT2D eigenvalue weighted by molar-refractivity contribution is 5.62. The summed E-state index contributed by atoms with van der Waals surface area (Å²) in [6.07, 6.45) is 6.83. The van der Waals surface area contributed by atoms with E-state index in [0.29, 0.717) is 5.82 Å². The van der Waals surface area contributed by atoms with Gasteiger partial charge in [0.25, 0.3) is 0 Å². The lowest BCUT2D eigenvalue weighted by molar-refractivity contribution is 0.0515. The van der Waals surface area contributed by atoms with Crippen molar-refractivity contribution in [3.8, 4) is 11.3 Å². The molecule has 25 heavy (non-hydrogen) atoms. The summed E-state index contributed by atoms with van der Waals surface area (Å²) in [5, 5.41) is 17.8. The van der Waals surface area contributed by atoms with Gasteiger partial charge in [-0.3, -0.25) is 10.00 Å². The first-order chi connectivity index (χ1) is 12.3. The Morgan fingerprint density at radius 2 is 2.00 bits per heavy atom. The fourth-order valence-corrected chi connectivity index (χ4v) is 3.62. The predicted octanol–water partition coefficient (Wildman–Crippen LogP) is 2.75. The number of nitrogens with zero attached hydrogens (tertiary/aromatic N) is 3. The second kappa shape index (κ2) is 7.21. The van der Waals surface area contributed by atoms with Crippen molar-refractivity contribution >= 4 is 0 Å². The number of likely N-dealkylation sites (tertiary alicyclic amines) is 1. The molecule has 0 bridgehead atoms. The molecular weight excluding hydrogens is 314 g/mol. The van der Waals surface area contributed by atoms with Gasteiger partial charge in [-0.2, -0.15) is 5.10 Å². The van der Waals surface area contributed by atoms with Crippen LogP contribution in [0.15, 0.2) is 48.9 Å². The molecule has 6 heteroatoms. The van der Waals surface area contributed by atoms with E-state index in [-0.39, 0.29) is 5.92 Å². The van der Waals surface area contributed by atoms with Crippen LogP contribution in [0.25, 0.3) is 11.3 Å². The minimum absolute atomic E-state index is 0.264. The highest BCUT2D eigenvalue weighted by Gasteiger charge is 2.28. The Labute approximate surface area is 146 Å². The van der Waals surface area contributed by atoms with Crippen molar-refractivity contribution < 1.29 is 5.11 Å². The third-order valence-corrected chi connectivity index (χ3v) is 5.05. The summed E-state index contributed by atoms with van der Waals surface area (Å²) in [4.78, 5) is 9.64. The van der Waals surface area contributed by atoms with Crippen LogP contribution in [-0.2, 0) is 6.54 Å². The molecule has 1 fully saturated rings. The van der Waals surface area contributed by atoms with Crippen molar-refractivity contribution in [1.29, 1.82) is 0 Å². The number of rotatable bonds is 5. The molecule has 3 aromatic rings. The maximum absolute atomic E-state index is 10.4. The minimum Gasteiger partial charge on any atom is -0.385 e. The van der Waals surface area contributed by atoms with Crippen LogP contribution in [-0.4, -0.2) is 43.3 Å². The molecule has 1 unspecified atom stereocenters. The standard InChI is InChI=1S/C19H23N5O/c25-18(19-20-8-9-21-19)15-6-10-24(11-7-15)13-16-12-22-23-17(16)14-4-2-1-3-5-14/h1-5,8-9,12,15,18,25H,6-7,10-11,13H2,(H,20,21)(H,22,23). The number of imidazole rings is 1. The Morgan fingerprint density at radius 3 is 2.72 bits per heavy atom. The van der Waals surface area contributed by atoms with Gasteiger partial charge in [0, 0.05) is 24.5 Å². The molecule has 1 atom stereocenters. The van der Waals surface area contributed by atoms with Crippen LogP contribution in [0.5, 0.6) is 0 Å². The quantitative estimate of drug-likeness (QED) is 0.669. The molecule has 2 aromatic heterocycles. The van der Waals surface area contributed by atoms with E-state index in [9.17, 15) is 5.11 Å². The zero-order valence-electron chi connectivity index (χ0n) is 14.1. The Bertz CT molecular complexity index is 775.